The molecule has 0 radical (unpaired) electrons. The van der Waals surface area contributed by atoms with Gasteiger partial charge in [-0.05, 0) is 42.5 Å². The maximum absolute atomic E-state index is 13.3. The second-order valence-electron chi connectivity index (χ2n) is 6.19. The number of amides is 1. The van der Waals surface area contributed by atoms with Crippen LogP contribution < -0.4 is 5.32 Å². The van der Waals surface area contributed by atoms with Crippen molar-refractivity contribution in [2.75, 3.05) is 38.0 Å². The fraction of sp³-hybridized carbons (Fsp3) is 0.278. The minimum Gasteiger partial charge on any atom is -0.325 e. The van der Waals surface area contributed by atoms with Crippen LogP contribution in [0.15, 0.2) is 53.4 Å². The number of nitrogens with one attached hydrogen (secondary N) is 1. The summed E-state index contributed by atoms with van der Waals surface area (Å²) in [6.45, 7) is 1.49. The van der Waals surface area contributed by atoms with Crippen LogP contribution in [0.4, 0.5) is 10.1 Å². The maximum Gasteiger partial charge on any atom is 0.243 e. The Labute approximate surface area is 162 Å². The van der Waals surface area contributed by atoms with E-state index in [0.29, 0.717) is 23.8 Å². The standard InChI is InChI=1S/C18H19ClFN3O3S/c19-14-4-6-16(7-5-14)21-18(24)13-22-8-10-23(11-9-22)27(25,26)17-3-1-2-15(20)12-17/h1-7,12H,8-11,13H2,(H,21,24). The number of sulfonamides is 1. The lowest BCUT2D eigenvalue weighted by atomic mass is 10.3. The van der Waals surface area contributed by atoms with Crippen molar-refractivity contribution in [2.24, 2.45) is 0 Å². The molecule has 1 amide bonds. The van der Waals surface area contributed by atoms with Crippen LogP contribution in [0.1, 0.15) is 0 Å². The summed E-state index contributed by atoms with van der Waals surface area (Å²) in [6.07, 6.45) is 0. The lowest BCUT2D eigenvalue weighted by molar-refractivity contribution is -0.117. The van der Waals surface area contributed by atoms with Gasteiger partial charge in [-0.1, -0.05) is 17.7 Å². The number of carbonyl (C=O) groups is 1. The molecule has 0 unspecified atom stereocenters. The van der Waals surface area contributed by atoms with Gasteiger partial charge in [0, 0.05) is 36.9 Å². The van der Waals surface area contributed by atoms with Crippen LogP contribution in [0.25, 0.3) is 0 Å². The summed E-state index contributed by atoms with van der Waals surface area (Å²) in [4.78, 5) is 14.0. The molecule has 0 aromatic heterocycles. The van der Waals surface area contributed by atoms with Crippen molar-refractivity contribution in [1.82, 2.24) is 9.21 Å². The summed E-state index contributed by atoms with van der Waals surface area (Å²) >= 11 is 5.81. The Hall–Kier alpha value is -2.00. The highest BCUT2D eigenvalue weighted by Gasteiger charge is 2.29. The summed E-state index contributed by atoms with van der Waals surface area (Å²) in [5.41, 5.74) is 0.650. The average Bonchev–Trinajstić information content (AvgIpc) is 2.64. The number of carbonyl (C=O) groups excluding carboxylic acids is 1. The van der Waals surface area contributed by atoms with Gasteiger partial charge in [0.2, 0.25) is 15.9 Å². The Bertz CT molecular complexity index is 914. The van der Waals surface area contributed by atoms with E-state index in [1.54, 1.807) is 24.3 Å². The van der Waals surface area contributed by atoms with Crippen molar-refractivity contribution >= 4 is 33.2 Å². The van der Waals surface area contributed by atoms with E-state index < -0.39 is 15.8 Å². The highest BCUT2D eigenvalue weighted by molar-refractivity contribution is 7.89. The van der Waals surface area contributed by atoms with Crippen molar-refractivity contribution in [3.63, 3.8) is 0 Å². The van der Waals surface area contributed by atoms with Gasteiger partial charge < -0.3 is 5.32 Å². The molecule has 3 rings (SSSR count). The Kier molecular flexibility index (Phi) is 6.11. The molecule has 1 heterocycles. The molecule has 2 aromatic carbocycles. The van der Waals surface area contributed by atoms with Crippen LogP contribution in [0.2, 0.25) is 5.02 Å². The maximum atomic E-state index is 13.3. The zero-order chi connectivity index (χ0) is 19.4. The van der Waals surface area contributed by atoms with Crippen molar-refractivity contribution in [2.45, 2.75) is 4.90 Å². The summed E-state index contributed by atoms with van der Waals surface area (Å²) in [7, 11) is -3.74. The van der Waals surface area contributed by atoms with E-state index in [-0.39, 0.29) is 30.4 Å². The molecule has 0 atom stereocenters. The molecule has 1 aliphatic heterocycles. The van der Waals surface area contributed by atoms with E-state index in [4.69, 9.17) is 11.6 Å². The predicted molar refractivity (Wildman–Crippen MR) is 102 cm³/mol. The summed E-state index contributed by atoms with van der Waals surface area (Å²) in [5, 5.41) is 3.36. The van der Waals surface area contributed by atoms with Crippen LogP contribution in [0.5, 0.6) is 0 Å². The number of rotatable bonds is 5. The van der Waals surface area contributed by atoms with Crippen molar-refractivity contribution in [1.29, 1.82) is 0 Å². The number of hydrogen-bond donors (Lipinski definition) is 1. The zero-order valence-corrected chi connectivity index (χ0v) is 16.0. The Morgan fingerprint density at radius 1 is 1.07 bits per heavy atom. The van der Waals surface area contributed by atoms with Gasteiger partial charge >= 0.3 is 0 Å². The van der Waals surface area contributed by atoms with Crippen molar-refractivity contribution < 1.29 is 17.6 Å². The quantitative estimate of drug-likeness (QED) is 0.820. The van der Waals surface area contributed by atoms with E-state index in [0.717, 1.165) is 6.07 Å². The smallest absolute Gasteiger partial charge is 0.243 e. The van der Waals surface area contributed by atoms with Crippen LogP contribution in [-0.2, 0) is 14.8 Å². The van der Waals surface area contributed by atoms with E-state index in [9.17, 15) is 17.6 Å². The van der Waals surface area contributed by atoms with Gasteiger partial charge in [0.15, 0.2) is 0 Å². The minimum atomic E-state index is -3.74. The molecule has 1 N–H and O–H groups in total. The first-order valence-electron chi connectivity index (χ1n) is 8.38. The fourth-order valence-corrected chi connectivity index (χ4v) is 4.42. The van der Waals surface area contributed by atoms with Gasteiger partial charge in [-0.2, -0.15) is 4.31 Å². The van der Waals surface area contributed by atoms with Crippen LogP contribution in [-0.4, -0.2) is 56.3 Å². The number of hydrogen-bond acceptors (Lipinski definition) is 4. The zero-order valence-electron chi connectivity index (χ0n) is 14.4. The molecule has 0 saturated carbocycles. The van der Waals surface area contributed by atoms with Gasteiger partial charge in [0.05, 0.1) is 11.4 Å². The first-order valence-corrected chi connectivity index (χ1v) is 10.2. The first-order chi connectivity index (χ1) is 12.8. The third kappa shape index (κ3) is 5.04. The molecule has 1 aliphatic rings. The summed E-state index contributed by atoms with van der Waals surface area (Å²) in [5.74, 6) is -0.771. The number of nitrogens with zero attached hydrogens (tertiary/aromatic N) is 2. The molecule has 0 bridgehead atoms. The molecule has 1 fully saturated rings. The molecule has 0 spiro atoms. The highest BCUT2D eigenvalue weighted by Crippen LogP contribution is 2.18. The fourth-order valence-electron chi connectivity index (χ4n) is 2.84. The van der Waals surface area contributed by atoms with Crippen molar-refractivity contribution in [3.05, 3.63) is 59.4 Å². The molecule has 1 saturated heterocycles. The van der Waals surface area contributed by atoms with Crippen LogP contribution in [0.3, 0.4) is 0 Å². The minimum absolute atomic E-state index is 0.0589. The number of benzene rings is 2. The van der Waals surface area contributed by atoms with Gasteiger partial charge in [0.1, 0.15) is 5.82 Å². The third-order valence-corrected chi connectivity index (χ3v) is 6.41. The first kappa shape index (κ1) is 19.8. The number of piperazine rings is 1. The van der Waals surface area contributed by atoms with E-state index in [1.165, 1.54) is 22.5 Å². The lowest BCUT2D eigenvalue weighted by Crippen LogP contribution is -2.50. The third-order valence-electron chi connectivity index (χ3n) is 4.26. The van der Waals surface area contributed by atoms with Gasteiger partial charge in [-0.3, -0.25) is 9.69 Å². The Morgan fingerprint density at radius 3 is 2.37 bits per heavy atom. The van der Waals surface area contributed by atoms with E-state index >= 15 is 0 Å². The lowest BCUT2D eigenvalue weighted by Gasteiger charge is -2.33. The van der Waals surface area contributed by atoms with Gasteiger partial charge in [0.25, 0.3) is 0 Å². The highest BCUT2D eigenvalue weighted by atomic mass is 35.5. The molecule has 144 valence electrons. The molecule has 6 nitrogen and oxygen atoms in total. The molecular weight excluding hydrogens is 393 g/mol. The van der Waals surface area contributed by atoms with Crippen LogP contribution >= 0.6 is 11.6 Å². The van der Waals surface area contributed by atoms with E-state index in [1.807, 2.05) is 4.90 Å². The number of halogens is 2. The molecule has 2 aromatic rings. The Morgan fingerprint density at radius 2 is 1.74 bits per heavy atom. The normalized spacial score (nSPS) is 16.2. The summed E-state index contributed by atoms with van der Waals surface area (Å²) in [6, 6.07) is 11.8. The Balaban J connectivity index is 1.54. The number of anilines is 1. The molecular formula is C18H19ClFN3O3S. The van der Waals surface area contributed by atoms with Gasteiger partial charge in [-0.15, -0.1) is 0 Å². The van der Waals surface area contributed by atoms with Crippen molar-refractivity contribution in [3.8, 4) is 0 Å². The SMILES string of the molecule is O=C(CN1CCN(S(=O)(=O)c2cccc(F)c2)CC1)Nc1ccc(Cl)cc1. The molecule has 27 heavy (non-hydrogen) atoms. The second-order valence-corrected chi connectivity index (χ2v) is 8.57. The predicted octanol–water partition coefficient (Wildman–Crippen LogP) is 2.42. The summed E-state index contributed by atoms with van der Waals surface area (Å²) < 4.78 is 39.8. The molecule has 0 aliphatic carbocycles. The van der Waals surface area contributed by atoms with Crippen LogP contribution in [0, 0.1) is 5.82 Å². The van der Waals surface area contributed by atoms with Gasteiger partial charge in [-0.25, -0.2) is 12.8 Å². The van der Waals surface area contributed by atoms with E-state index in [2.05, 4.69) is 5.32 Å². The largest absolute Gasteiger partial charge is 0.325 e. The molecule has 9 heteroatoms. The average molecular weight is 412 g/mol. The second kappa shape index (κ2) is 8.35. The topological polar surface area (TPSA) is 69.7 Å². The monoisotopic (exact) mass is 411 g/mol.